The molecular weight excluding hydrogens is 339 g/mol. The second kappa shape index (κ2) is 5.47. The van der Waals surface area contributed by atoms with E-state index < -0.39 is 17.7 Å². The van der Waals surface area contributed by atoms with Gasteiger partial charge in [-0.3, -0.25) is 0 Å². The smallest absolute Gasteiger partial charge is 0.412 e. The molecule has 0 saturated heterocycles. The van der Waals surface area contributed by atoms with E-state index in [1.54, 1.807) is 17.0 Å². The number of aromatic carboxylic acids is 1. The molecule has 7 heteroatoms. The highest BCUT2D eigenvalue weighted by Gasteiger charge is 2.34. The van der Waals surface area contributed by atoms with Gasteiger partial charge < -0.3 is 10.0 Å². The summed E-state index contributed by atoms with van der Waals surface area (Å²) in [5.74, 6) is -1.05. The van der Waals surface area contributed by atoms with Gasteiger partial charge in [0.05, 0.1) is 5.56 Å². The minimum atomic E-state index is -4.26. The number of nitrogens with zero attached hydrogens (tertiary/aromatic N) is 1. The molecule has 0 saturated carbocycles. The number of anilines is 1. The average Bonchev–Trinajstić information content (AvgIpc) is 2.37. The molecule has 0 bridgehead atoms. The number of carboxylic acids is 1. The molecule has 0 aliphatic carbocycles. The van der Waals surface area contributed by atoms with Crippen LogP contribution in [0, 0.1) is 0 Å². The molecule has 108 valence electrons. The summed E-state index contributed by atoms with van der Waals surface area (Å²) >= 11 is 3.16. The molecule has 0 spiro atoms. The number of alkyl halides is 3. The van der Waals surface area contributed by atoms with Gasteiger partial charge in [-0.1, -0.05) is 6.08 Å². The highest BCUT2D eigenvalue weighted by molar-refractivity contribution is 9.10. The standard InChI is InChI=1S/C13H11BrF3NO2/c14-11-7-9(1-2-10(11)12(19)20)18-5-3-8(4-6-18)13(15,16)17/h1-3,7H,4-6H2,(H,19,20). The van der Waals surface area contributed by atoms with Crippen molar-refractivity contribution in [2.24, 2.45) is 0 Å². The van der Waals surface area contributed by atoms with Crippen LogP contribution < -0.4 is 4.90 Å². The minimum absolute atomic E-state index is 0.0677. The molecule has 1 heterocycles. The van der Waals surface area contributed by atoms with E-state index >= 15 is 0 Å². The van der Waals surface area contributed by atoms with E-state index in [1.165, 1.54) is 12.1 Å². The lowest BCUT2D eigenvalue weighted by molar-refractivity contribution is -0.0944. The zero-order valence-electron chi connectivity index (χ0n) is 10.2. The van der Waals surface area contributed by atoms with E-state index in [0.29, 0.717) is 10.2 Å². The van der Waals surface area contributed by atoms with Crippen molar-refractivity contribution in [1.82, 2.24) is 0 Å². The fourth-order valence-electron chi connectivity index (χ4n) is 2.04. The summed E-state index contributed by atoms with van der Waals surface area (Å²) in [4.78, 5) is 12.7. The fraction of sp³-hybridized carbons (Fsp3) is 0.308. The highest BCUT2D eigenvalue weighted by Crippen LogP contribution is 2.32. The monoisotopic (exact) mass is 349 g/mol. The fourth-order valence-corrected chi connectivity index (χ4v) is 2.57. The molecule has 1 aliphatic rings. The molecule has 1 aromatic carbocycles. The second-order valence-corrected chi connectivity index (χ2v) is 5.25. The Morgan fingerprint density at radius 3 is 2.50 bits per heavy atom. The summed E-state index contributed by atoms with van der Waals surface area (Å²) in [6, 6.07) is 4.64. The van der Waals surface area contributed by atoms with Crippen LogP contribution in [-0.4, -0.2) is 30.3 Å². The van der Waals surface area contributed by atoms with Gasteiger partial charge in [-0.25, -0.2) is 4.79 Å². The lowest BCUT2D eigenvalue weighted by Crippen LogP contribution is -2.31. The molecule has 1 N–H and O–H groups in total. The number of benzene rings is 1. The topological polar surface area (TPSA) is 40.5 Å². The Morgan fingerprint density at radius 2 is 2.05 bits per heavy atom. The van der Waals surface area contributed by atoms with Crippen LogP contribution in [0.4, 0.5) is 18.9 Å². The average molecular weight is 350 g/mol. The van der Waals surface area contributed by atoms with E-state index in [2.05, 4.69) is 15.9 Å². The van der Waals surface area contributed by atoms with E-state index in [-0.39, 0.29) is 25.1 Å². The van der Waals surface area contributed by atoms with E-state index in [0.717, 1.165) is 0 Å². The first-order valence-corrected chi connectivity index (χ1v) is 6.62. The van der Waals surface area contributed by atoms with E-state index in [1.807, 2.05) is 0 Å². The molecule has 0 fully saturated rings. The van der Waals surface area contributed by atoms with E-state index in [4.69, 9.17) is 5.11 Å². The Hall–Kier alpha value is -1.50. The van der Waals surface area contributed by atoms with Gasteiger partial charge in [0.25, 0.3) is 0 Å². The van der Waals surface area contributed by atoms with Crippen molar-refractivity contribution in [3.63, 3.8) is 0 Å². The molecule has 0 unspecified atom stereocenters. The van der Waals surface area contributed by atoms with Crippen LogP contribution in [0.5, 0.6) is 0 Å². The molecule has 3 nitrogen and oxygen atoms in total. The van der Waals surface area contributed by atoms with Gasteiger partial charge >= 0.3 is 12.1 Å². The molecule has 20 heavy (non-hydrogen) atoms. The first-order valence-electron chi connectivity index (χ1n) is 5.83. The molecule has 0 radical (unpaired) electrons. The number of hydrogen-bond acceptors (Lipinski definition) is 2. The zero-order chi connectivity index (χ0) is 14.9. The van der Waals surface area contributed by atoms with Crippen molar-refractivity contribution >= 4 is 27.6 Å². The summed E-state index contributed by atoms with van der Waals surface area (Å²) in [5.41, 5.74) is 0.312. The summed E-state index contributed by atoms with van der Waals surface area (Å²) < 4.78 is 38.0. The van der Waals surface area contributed by atoms with Crippen molar-refractivity contribution in [2.75, 3.05) is 18.0 Å². The minimum Gasteiger partial charge on any atom is -0.478 e. The summed E-state index contributed by atoms with van der Waals surface area (Å²) in [7, 11) is 0. The van der Waals surface area contributed by atoms with Crippen LogP contribution in [0.1, 0.15) is 16.8 Å². The Kier molecular flexibility index (Phi) is 4.08. The van der Waals surface area contributed by atoms with Crippen molar-refractivity contribution in [3.8, 4) is 0 Å². The van der Waals surface area contributed by atoms with Crippen molar-refractivity contribution in [2.45, 2.75) is 12.6 Å². The predicted molar refractivity (Wildman–Crippen MR) is 72.1 cm³/mol. The lowest BCUT2D eigenvalue weighted by atomic mass is 10.1. The van der Waals surface area contributed by atoms with Crippen LogP contribution in [0.3, 0.4) is 0 Å². The Bertz CT molecular complexity index is 569. The summed E-state index contributed by atoms with van der Waals surface area (Å²) in [6.45, 7) is 0.415. The van der Waals surface area contributed by atoms with Crippen LogP contribution in [0.15, 0.2) is 34.3 Å². The van der Waals surface area contributed by atoms with Gasteiger partial charge in [0.1, 0.15) is 0 Å². The second-order valence-electron chi connectivity index (χ2n) is 4.39. The molecular formula is C13H11BrF3NO2. The van der Waals surface area contributed by atoms with Crippen LogP contribution in [0.2, 0.25) is 0 Å². The highest BCUT2D eigenvalue weighted by atomic mass is 79.9. The SMILES string of the molecule is O=C(O)c1ccc(N2CC=C(C(F)(F)F)CC2)cc1Br. The van der Waals surface area contributed by atoms with Crippen molar-refractivity contribution in [3.05, 3.63) is 39.9 Å². The molecule has 1 aromatic rings. The third-order valence-electron chi connectivity index (χ3n) is 3.12. The predicted octanol–water partition coefficient (Wildman–Crippen LogP) is 3.85. The number of halogens is 4. The molecule has 0 amide bonds. The molecule has 2 rings (SSSR count). The van der Waals surface area contributed by atoms with Gasteiger partial charge in [0.2, 0.25) is 0 Å². The maximum atomic E-state index is 12.5. The molecule has 0 aromatic heterocycles. The lowest BCUT2D eigenvalue weighted by Gasteiger charge is -2.29. The quantitative estimate of drug-likeness (QED) is 0.824. The number of rotatable bonds is 2. The third-order valence-corrected chi connectivity index (χ3v) is 3.78. The normalized spacial score (nSPS) is 16.0. The number of carboxylic acid groups (broad SMARTS) is 1. The van der Waals surface area contributed by atoms with Gasteiger partial charge in [0.15, 0.2) is 0 Å². The third kappa shape index (κ3) is 3.15. The summed E-state index contributed by atoms with van der Waals surface area (Å²) in [5, 5.41) is 8.91. The first kappa shape index (κ1) is 14.9. The number of hydrogen-bond donors (Lipinski definition) is 1. The van der Waals surface area contributed by atoms with Crippen molar-refractivity contribution < 1.29 is 23.1 Å². The first-order chi connectivity index (χ1) is 9.29. The summed E-state index contributed by atoms with van der Waals surface area (Å²) in [6.07, 6.45) is -3.16. The van der Waals surface area contributed by atoms with Crippen molar-refractivity contribution in [1.29, 1.82) is 0 Å². The largest absolute Gasteiger partial charge is 0.478 e. The van der Waals surface area contributed by atoms with Crippen LogP contribution in [-0.2, 0) is 0 Å². The van der Waals surface area contributed by atoms with Crippen LogP contribution in [0.25, 0.3) is 0 Å². The maximum Gasteiger partial charge on any atom is 0.412 e. The van der Waals surface area contributed by atoms with Gasteiger partial charge in [-0.05, 0) is 40.5 Å². The molecule has 1 aliphatic heterocycles. The van der Waals surface area contributed by atoms with Gasteiger partial charge in [0, 0.05) is 28.8 Å². The Balaban J connectivity index is 2.17. The Morgan fingerprint density at radius 1 is 1.35 bits per heavy atom. The number of carbonyl (C=O) groups is 1. The van der Waals surface area contributed by atoms with Crippen LogP contribution >= 0.6 is 15.9 Å². The molecule has 0 atom stereocenters. The zero-order valence-corrected chi connectivity index (χ0v) is 11.8. The Labute approximate surface area is 121 Å². The van der Waals surface area contributed by atoms with Gasteiger partial charge in [-0.2, -0.15) is 13.2 Å². The maximum absolute atomic E-state index is 12.5. The van der Waals surface area contributed by atoms with E-state index in [9.17, 15) is 18.0 Å². The van der Waals surface area contributed by atoms with Gasteiger partial charge in [-0.15, -0.1) is 0 Å².